The van der Waals surface area contributed by atoms with Crippen LogP contribution in [0.25, 0.3) is 11.0 Å². The second kappa shape index (κ2) is 5.23. The second-order valence-electron chi connectivity index (χ2n) is 4.23. The van der Waals surface area contributed by atoms with Gasteiger partial charge in [-0.15, -0.1) is 11.6 Å². The van der Waals surface area contributed by atoms with E-state index in [0.29, 0.717) is 5.88 Å². The van der Waals surface area contributed by atoms with Crippen LogP contribution in [0.5, 0.6) is 5.75 Å². The largest absolute Gasteiger partial charge is 0.497 e. The molecule has 3 nitrogen and oxygen atoms in total. The number of imidazole rings is 1. The lowest BCUT2D eigenvalue weighted by atomic mass is 10.3. The predicted octanol–water partition coefficient (Wildman–Crippen LogP) is 3.89. The topological polar surface area (TPSA) is 27.1 Å². The molecule has 0 amide bonds. The van der Waals surface area contributed by atoms with Crippen molar-refractivity contribution in [1.82, 2.24) is 9.55 Å². The summed E-state index contributed by atoms with van der Waals surface area (Å²) in [5.41, 5.74) is 3.28. The number of hydrogen-bond donors (Lipinski definition) is 0. The van der Waals surface area contributed by atoms with Gasteiger partial charge in [0.15, 0.2) is 0 Å². The molecule has 0 aliphatic heterocycles. The molecule has 0 atom stereocenters. The Morgan fingerprint density at radius 3 is 2.95 bits per heavy atom. The van der Waals surface area contributed by atoms with Crippen LogP contribution in [-0.2, 0) is 12.4 Å². The van der Waals surface area contributed by atoms with Gasteiger partial charge in [0.2, 0.25) is 0 Å². The molecule has 19 heavy (non-hydrogen) atoms. The maximum absolute atomic E-state index is 6.01. The molecule has 3 rings (SSSR count). The number of nitrogens with zero attached hydrogens (tertiary/aromatic N) is 2. The van der Waals surface area contributed by atoms with Gasteiger partial charge in [-0.05, 0) is 34.5 Å². The number of halogens is 1. The molecular formula is C14H13ClN2OS. The number of rotatable bonds is 4. The molecule has 5 heteroatoms. The summed E-state index contributed by atoms with van der Waals surface area (Å²) < 4.78 is 7.39. The van der Waals surface area contributed by atoms with E-state index in [9.17, 15) is 0 Å². The molecule has 98 valence electrons. The van der Waals surface area contributed by atoms with Crippen LogP contribution in [0, 0.1) is 0 Å². The SMILES string of the molecule is COc1ccc2c(c1)nc(CCl)n2Cc1ccsc1. The Labute approximate surface area is 120 Å². The van der Waals surface area contributed by atoms with Crippen LogP contribution in [0.3, 0.4) is 0 Å². The summed E-state index contributed by atoms with van der Waals surface area (Å²) in [7, 11) is 1.66. The molecule has 2 heterocycles. The van der Waals surface area contributed by atoms with Crippen molar-refractivity contribution in [2.45, 2.75) is 12.4 Å². The quantitative estimate of drug-likeness (QED) is 0.682. The summed E-state index contributed by atoms with van der Waals surface area (Å²) in [6.45, 7) is 0.800. The van der Waals surface area contributed by atoms with E-state index in [0.717, 1.165) is 29.2 Å². The number of fused-ring (bicyclic) bond motifs is 1. The standard InChI is InChI=1S/C14H13ClN2OS/c1-18-11-2-3-13-12(6-11)16-14(7-15)17(13)8-10-4-5-19-9-10/h2-6,9H,7-8H2,1H3. The lowest BCUT2D eigenvalue weighted by Crippen LogP contribution is -2.02. The molecule has 0 bridgehead atoms. The zero-order chi connectivity index (χ0) is 13.2. The minimum absolute atomic E-state index is 0.404. The van der Waals surface area contributed by atoms with Crippen molar-refractivity contribution in [3.05, 3.63) is 46.4 Å². The maximum atomic E-state index is 6.01. The molecule has 0 saturated carbocycles. The molecule has 0 saturated heterocycles. The van der Waals surface area contributed by atoms with Gasteiger partial charge in [0.05, 0.1) is 30.6 Å². The van der Waals surface area contributed by atoms with Gasteiger partial charge in [0, 0.05) is 6.07 Å². The highest BCUT2D eigenvalue weighted by Gasteiger charge is 2.11. The molecule has 1 aromatic carbocycles. The normalized spacial score (nSPS) is 11.1. The number of alkyl halides is 1. The van der Waals surface area contributed by atoms with Crippen molar-refractivity contribution in [3.63, 3.8) is 0 Å². The average Bonchev–Trinajstić information content (AvgIpc) is 3.06. The third-order valence-corrected chi connectivity index (χ3v) is 4.05. The number of methoxy groups -OCH3 is 1. The number of aromatic nitrogens is 2. The summed E-state index contributed by atoms with van der Waals surface area (Å²) in [4.78, 5) is 4.57. The number of thiophene rings is 1. The van der Waals surface area contributed by atoms with E-state index in [1.807, 2.05) is 18.2 Å². The van der Waals surface area contributed by atoms with Crippen LogP contribution in [0.1, 0.15) is 11.4 Å². The Morgan fingerprint density at radius 2 is 2.26 bits per heavy atom. The zero-order valence-electron chi connectivity index (χ0n) is 10.5. The summed E-state index contributed by atoms with van der Waals surface area (Å²) in [5, 5.41) is 4.23. The molecule has 0 fully saturated rings. The predicted molar refractivity (Wildman–Crippen MR) is 79.3 cm³/mol. The van der Waals surface area contributed by atoms with E-state index in [1.54, 1.807) is 18.4 Å². The first kappa shape index (κ1) is 12.5. The Morgan fingerprint density at radius 1 is 1.37 bits per heavy atom. The lowest BCUT2D eigenvalue weighted by molar-refractivity contribution is 0.415. The van der Waals surface area contributed by atoms with Crippen molar-refractivity contribution in [3.8, 4) is 5.75 Å². The molecule has 0 radical (unpaired) electrons. The van der Waals surface area contributed by atoms with Gasteiger partial charge >= 0.3 is 0 Å². The van der Waals surface area contributed by atoms with Crippen molar-refractivity contribution < 1.29 is 4.74 Å². The van der Waals surface area contributed by atoms with Gasteiger partial charge in [-0.25, -0.2) is 4.98 Å². The smallest absolute Gasteiger partial charge is 0.125 e. The monoisotopic (exact) mass is 292 g/mol. The van der Waals surface area contributed by atoms with E-state index in [-0.39, 0.29) is 0 Å². The fourth-order valence-electron chi connectivity index (χ4n) is 2.13. The third kappa shape index (κ3) is 2.33. The van der Waals surface area contributed by atoms with Gasteiger partial charge in [-0.3, -0.25) is 0 Å². The van der Waals surface area contributed by atoms with Crippen LogP contribution in [-0.4, -0.2) is 16.7 Å². The van der Waals surface area contributed by atoms with Crippen molar-refractivity contribution in [1.29, 1.82) is 0 Å². The van der Waals surface area contributed by atoms with Crippen LogP contribution < -0.4 is 4.74 Å². The molecular weight excluding hydrogens is 280 g/mol. The van der Waals surface area contributed by atoms with Crippen molar-refractivity contribution in [2.75, 3.05) is 7.11 Å². The van der Waals surface area contributed by atoms with Gasteiger partial charge < -0.3 is 9.30 Å². The Kier molecular flexibility index (Phi) is 3.44. The highest BCUT2D eigenvalue weighted by atomic mass is 35.5. The van der Waals surface area contributed by atoms with Gasteiger partial charge in [0.25, 0.3) is 0 Å². The van der Waals surface area contributed by atoms with Gasteiger partial charge in [-0.2, -0.15) is 11.3 Å². The first-order valence-corrected chi connectivity index (χ1v) is 7.39. The highest BCUT2D eigenvalue weighted by molar-refractivity contribution is 7.07. The Hall–Kier alpha value is -1.52. The van der Waals surface area contributed by atoms with Gasteiger partial charge in [-0.1, -0.05) is 0 Å². The van der Waals surface area contributed by atoms with Crippen LogP contribution in [0.2, 0.25) is 0 Å². The highest BCUT2D eigenvalue weighted by Crippen LogP contribution is 2.24. The molecule has 0 unspecified atom stereocenters. The Balaban J connectivity index is 2.10. The van der Waals surface area contributed by atoms with E-state index < -0.39 is 0 Å². The number of benzene rings is 1. The summed E-state index contributed by atoms with van der Waals surface area (Å²) in [5.74, 6) is 2.10. The molecule has 0 aliphatic carbocycles. The van der Waals surface area contributed by atoms with E-state index in [4.69, 9.17) is 16.3 Å². The number of hydrogen-bond acceptors (Lipinski definition) is 3. The Bertz CT molecular complexity index is 691. The van der Waals surface area contributed by atoms with E-state index in [1.165, 1.54) is 5.56 Å². The van der Waals surface area contributed by atoms with Crippen LogP contribution in [0.15, 0.2) is 35.0 Å². The number of ether oxygens (including phenoxy) is 1. The average molecular weight is 293 g/mol. The van der Waals surface area contributed by atoms with Crippen molar-refractivity contribution >= 4 is 34.0 Å². The van der Waals surface area contributed by atoms with Crippen LogP contribution in [0.4, 0.5) is 0 Å². The summed E-state index contributed by atoms with van der Waals surface area (Å²) in [6.07, 6.45) is 0. The minimum Gasteiger partial charge on any atom is -0.497 e. The zero-order valence-corrected chi connectivity index (χ0v) is 12.0. The fourth-order valence-corrected chi connectivity index (χ4v) is 2.99. The van der Waals surface area contributed by atoms with Crippen LogP contribution >= 0.6 is 22.9 Å². The van der Waals surface area contributed by atoms with E-state index >= 15 is 0 Å². The third-order valence-electron chi connectivity index (χ3n) is 3.07. The summed E-state index contributed by atoms with van der Waals surface area (Å²) in [6, 6.07) is 8.04. The maximum Gasteiger partial charge on any atom is 0.125 e. The molecule has 0 spiro atoms. The fraction of sp³-hybridized carbons (Fsp3) is 0.214. The van der Waals surface area contributed by atoms with Gasteiger partial charge in [0.1, 0.15) is 11.6 Å². The molecule has 0 N–H and O–H groups in total. The lowest BCUT2D eigenvalue weighted by Gasteiger charge is -2.06. The van der Waals surface area contributed by atoms with E-state index in [2.05, 4.69) is 26.4 Å². The first-order valence-electron chi connectivity index (χ1n) is 5.92. The molecule has 2 aromatic heterocycles. The minimum atomic E-state index is 0.404. The van der Waals surface area contributed by atoms with Crippen molar-refractivity contribution in [2.24, 2.45) is 0 Å². The second-order valence-corrected chi connectivity index (χ2v) is 5.28. The molecule has 0 aliphatic rings. The molecule has 3 aromatic rings. The summed E-state index contributed by atoms with van der Waals surface area (Å²) >= 11 is 7.71. The first-order chi connectivity index (χ1) is 9.31.